The lowest BCUT2D eigenvalue weighted by Gasteiger charge is -2.10. The zero-order valence-corrected chi connectivity index (χ0v) is 17.7. The number of aromatic nitrogens is 3. The molecule has 4 aromatic rings. The Morgan fingerprint density at radius 3 is 2.66 bits per heavy atom. The monoisotopic (exact) mass is 478 g/mol. The second kappa shape index (κ2) is 7.16. The second-order valence-corrected chi connectivity index (χ2v) is 8.94. The summed E-state index contributed by atoms with van der Waals surface area (Å²) in [5, 5.41) is 3.76. The van der Waals surface area contributed by atoms with Gasteiger partial charge in [-0.15, -0.1) is 0 Å². The van der Waals surface area contributed by atoms with Gasteiger partial charge in [-0.1, -0.05) is 11.2 Å². The van der Waals surface area contributed by atoms with E-state index in [-0.39, 0.29) is 17.0 Å². The highest BCUT2D eigenvalue weighted by atomic mass is 79.9. The Labute approximate surface area is 173 Å². The zero-order valence-electron chi connectivity index (χ0n) is 15.3. The number of sulfonamides is 1. The maximum Gasteiger partial charge on any atom is 0.420 e. The van der Waals surface area contributed by atoms with Gasteiger partial charge in [-0.25, -0.2) is 13.2 Å². The van der Waals surface area contributed by atoms with Gasteiger partial charge in [-0.2, -0.15) is 4.98 Å². The molecule has 0 aliphatic rings. The van der Waals surface area contributed by atoms with E-state index in [0.29, 0.717) is 27.4 Å². The van der Waals surface area contributed by atoms with E-state index in [1.807, 2.05) is 6.92 Å². The summed E-state index contributed by atoms with van der Waals surface area (Å²) in [4.78, 5) is 16.2. The third-order valence-electron chi connectivity index (χ3n) is 4.19. The number of aryl methyl sites for hydroxylation is 2. The van der Waals surface area contributed by atoms with E-state index in [1.165, 1.54) is 22.8 Å². The smallest absolute Gasteiger partial charge is 0.408 e. The molecule has 2 heterocycles. The van der Waals surface area contributed by atoms with Crippen molar-refractivity contribution in [2.75, 3.05) is 4.72 Å². The van der Waals surface area contributed by atoms with Crippen LogP contribution in [-0.4, -0.2) is 23.1 Å². The van der Waals surface area contributed by atoms with Crippen molar-refractivity contribution in [1.29, 1.82) is 0 Å². The highest BCUT2D eigenvalue weighted by Crippen LogP contribution is 2.27. The van der Waals surface area contributed by atoms with E-state index in [0.717, 1.165) is 5.56 Å². The van der Waals surface area contributed by atoms with E-state index < -0.39 is 15.8 Å². The van der Waals surface area contributed by atoms with Crippen molar-refractivity contribution in [2.45, 2.75) is 25.3 Å². The van der Waals surface area contributed by atoms with E-state index in [9.17, 15) is 13.2 Å². The molecule has 0 unspecified atom stereocenters. The largest absolute Gasteiger partial charge is 0.420 e. The Kier molecular flexibility index (Phi) is 4.79. The molecular formula is C18H15BrN4O5S. The summed E-state index contributed by atoms with van der Waals surface area (Å²) in [6.07, 6.45) is 0. The molecule has 0 atom stereocenters. The number of nitrogens with one attached hydrogen (secondary N) is 1. The number of hydrogen-bond donors (Lipinski definition) is 1. The summed E-state index contributed by atoms with van der Waals surface area (Å²) >= 11 is 3.35. The minimum atomic E-state index is -3.89. The summed E-state index contributed by atoms with van der Waals surface area (Å²) < 4.78 is 40.1. The molecule has 0 saturated carbocycles. The van der Waals surface area contributed by atoms with E-state index in [4.69, 9.17) is 8.94 Å². The molecule has 1 N–H and O–H groups in total. The fourth-order valence-corrected chi connectivity index (χ4v) is 4.64. The van der Waals surface area contributed by atoms with Gasteiger partial charge in [0.1, 0.15) is 0 Å². The van der Waals surface area contributed by atoms with Crippen LogP contribution in [0.25, 0.3) is 11.1 Å². The van der Waals surface area contributed by atoms with Crippen molar-refractivity contribution in [1.82, 2.24) is 14.7 Å². The van der Waals surface area contributed by atoms with Gasteiger partial charge in [-0.3, -0.25) is 9.29 Å². The summed E-state index contributed by atoms with van der Waals surface area (Å²) in [5.74, 6) is 0.0451. The van der Waals surface area contributed by atoms with Gasteiger partial charge in [0.05, 0.1) is 22.6 Å². The first-order chi connectivity index (χ1) is 13.7. The summed E-state index contributed by atoms with van der Waals surface area (Å²) in [6.45, 7) is 3.59. The standard InChI is InChI=1S/C18H15BrN4O5S/c1-10-3-5-14(13(19)7-10)22-29(25,26)12-4-6-15-16(8-12)27-18(24)23(15)9-17-20-11(2)28-21-17/h3-8,22H,9H2,1-2H3. The number of fused-ring (bicyclic) bond motifs is 1. The predicted molar refractivity (Wildman–Crippen MR) is 108 cm³/mol. The molecule has 4 rings (SSSR count). The van der Waals surface area contributed by atoms with Crippen molar-refractivity contribution in [3.8, 4) is 0 Å². The molecule has 0 saturated heterocycles. The first-order valence-corrected chi connectivity index (χ1v) is 10.7. The minimum absolute atomic E-state index is 0.0335. The molecule has 0 amide bonds. The molecule has 2 aromatic heterocycles. The third kappa shape index (κ3) is 3.83. The molecule has 2 aromatic carbocycles. The van der Waals surface area contributed by atoms with Crippen molar-refractivity contribution < 1.29 is 17.4 Å². The van der Waals surface area contributed by atoms with Crippen molar-refractivity contribution in [2.24, 2.45) is 0 Å². The first-order valence-electron chi connectivity index (χ1n) is 8.44. The van der Waals surface area contributed by atoms with Crippen LogP contribution in [0, 0.1) is 13.8 Å². The van der Waals surface area contributed by atoms with Crippen molar-refractivity contribution in [3.63, 3.8) is 0 Å². The van der Waals surface area contributed by atoms with Crippen LogP contribution >= 0.6 is 15.9 Å². The molecule has 29 heavy (non-hydrogen) atoms. The van der Waals surface area contributed by atoms with Crippen LogP contribution in [0.5, 0.6) is 0 Å². The first kappa shape index (κ1) is 19.4. The molecular weight excluding hydrogens is 464 g/mol. The number of benzene rings is 2. The Hall–Kier alpha value is -2.92. The average Bonchev–Trinajstić information content (AvgIpc) is 3.20. The molecule has 0 fully saturated rings. The van der Waals surface area contributed by atoms with Crippen LogP contribution < -0.4 is 10.5 Å². The van der Waals surface area contributed by atoms with E-state index in [2.05, 4.69) is 30.8 Å². The maximum absolute atomic E-state index is 12.8. The van der Waals surface area contributed by atoms with Crippen LogP contribution in [0.15, 0.2) is 59.5 Å². The molecule has 9 nitrogen and oxygen atoms in total. The Bertz CT molecular complexity index is 1390. The van der Waals surface area contributed by atoms with Gasteiger partial charge < -0.3 is 8.94 Å². The van der Waals surface area contributed by atoms with Gasteiger partial charge >= 0.3 is 5.76 Å². The molecule has 0 spiro atoms. The number of nitrogens with zero attached hydrogens (tertiary/aromatic N) is 3. The highest BCUT2D eigenvalue weighted by Gasteiger charge is 2.19. The zero-order chi connectivity index (χ0) is 20.8. The molecule has 0 aliphatic heterocycles. The third-order valence-corrected chi connectivity index (χ3v) is 6.21. The molecule has 0 bridgehead atoms. The molecule has 0 aliphatic carbocycles. The van der Waals surface area contributed by atoms with Gasteiger partial charge in [0, 0.05) is 17.5 Å². The quantitative estimate of drug-likeness (QED) is 0.467. The van der Waals surface area contributed by atoms with Gasteiger partial charge in [-0.05, 0) is 52.7 Å². The second-order valence-electron chi connectivity index (χ2n) is 6.40. The normalized spacial score (nSPS) is 11.8. The average molecular weight is 479 g/mol. The SMILES string of the molecule is Cc1ccc(NS(=O)(=O)c2ccc3c(c2)oc(=O)n3Cc2noc(C)n2)c(Br)c1. The van der Waals surface area contributed by atoms with Gasteiger partial charge in [0.2, 0.25) is 5.89 Å². The highest BCUT2D eigenvalue weighted by molar-refractivity contribution is 9.10. The molecule has 150 valence electrons. The topological polar surface area (TPSA) is 120 Å². The predicted octanol–water partition coefficient (Wildman–Crippen LogP) is 3.21. The maximum atomic E-state index is 12.8. The number of hydrogen-bond acceptors (Lipinski definition) is 7. The van der Waals surface area contributed by atoms with E-state index >= 15 is 0 Å². The van der Waals surface area contributed by atoms with Crippen molar-refractivity contribution in [3.05, 3.63) is 68.7 Å². The van der Waals surface area contributed by atoms with Crippen LogP contribution in [0.2, 0.25) is 0 Å². The summed E-state index contributed by atoms with van der Waals surface area (Å²) in [7, 11) is -3.89. The molecule has 11 heteroatoms. The number of rotatable bonds is 5. The summed E-state index contributed by atoms with van der Waals surface area (Å²) in [5.41, 5.74) is 1.96. The number of oxazole rings is 1. The van der Waals surface area contributed by atoms with Crippen molar-refractivity contribution >= 4 is 42.7 Å². The molecule has 0 radical (unpaired) electrons. The number of anilines is 1. The lowest BCUT2D eigenvalue weighted by molar-refractivity contribution is 0.385. The fourth-order valence-electron chi connectivity index (χ4n) is 2.82. The Morgan fingerprint density at radius 2 is 1.97 bits per heavy atom. The van der Waals surface area contributed by atoms with Crippen LogP contribution in [0.1, 0.15) is 17.3 Å². The number of halogens is 1. The Balaban J connectivity index is 1.69. The lowest BCUT2D eigenvalue weighted by Crippen LogP contribution is -2.15. The van der Waals surface area contributed by atoms with Gasteiger partial charge in [0.25, 0.3) is 10.0 Å². The lowest BCUT2D eigenvalue weighted by atomic mass is 10.2. The Morgan fingerprint density at radius 1 is 1.17 bits per heavy atom. The van der Waals surface area contributed by atoms with Crippen LogP contribution in [0.4, 0.5) is 5.69 Å². The van der Waals surface area contributed by atoms with Crippen LogP contribution in [0.3, 0.4) is 0 Å². The fraction of sp³-hybridized carbons (Fsp3) is 0.167. The van der Waals surface area contributed by atoms with Gasteiger partial charge in [0.15, 0.2) is 11.4 Å². The van der Waals surface area contributed by atoms with Crippen LogP contribution in [-0.2, 0) is 16.6 Å². The summed E-state index contributed by atoms with van der Waals surface area (Å²) in [6, 6.07) is 9.48. The van der Waals surface area contributed by atoms with E-state index in [1.54, 1.807) is 25.1 Å². The minimum Gasteiger partial charge on any atom is -0.408 e.